The summed E-state index contributed by atoms with van der Waals surface area (Å²) in [6, 6.07) is 0.568. The molecular weight excluding hydrogens is 202 g/mol. The molecule has 0 spiro atoms. The van der Waals surface area contributed by atoms with Crippen LogP contribution in [-0.4, -0.2) is 17.3 Å². The van der Waals surface area contributed by atoms with Gasteiger partial charge in [0.25, 0.3) is 0 Å². The van der Waals surface area contributed by atoms with Crippen molar-refractivity contribution in [1.29, 1.82) is 0 Å². The molecule has 1 aliphatic heterocycles. The Morgan fingerprint density at radius 1 is 1.40 bits per heavy atom. The average molecular weight is 226 g/mol. The molecule has 87 valence electrons. The van der Waals surface area contributed by atoms with Crippen molar-refractivity contribution >= 4 is 17.3 Å². The highest BCUT2D eigenvalue weighted by Gasteiger charge is 2.20. The third-order valence-electron chi connectivity index (χ3n) is 3.19. The molecule has 2 heteroatoms. The highest BCUT2D eigenvalue weighted by atomic mass is 32.2. The predicted molar refractivity (Wildman–Crippen MR) is 71.6 cm³/mol. The van der Waals surface area contributed by atoms with E-state index in [-0.39, 0.29) is 0 Å². The van der Waals surface area contributed by atoms with Crippen LogP contribution in [-0.2, 0) is 0 Å². The minimum absolute atomic E-state index is 0.568. The molecule has 0 saturated carbocycles. The molecule has 1 heterocycles. The van der Waals surface area contributed by atoms with Crippen LogP contribution in [0, 0.1) is 12.8 Å². The van der Waals surface area contributed by atoms with Crippen LogP contribution in [0.1, 0.15) is 51.9 Å². The first-order chi connectivity index (χ1) is 7.38. The minimum Gasteiger partial charge on any atom is -0.282 e. The summed E-state index contributed by atoms with van der Waals surface area (Å²) in [5.41, 5.74) is 2.02. The summed E-state index contributed by atoms with van der Waals surface area (Å²) >= 11 is 1.85. The Hall–Kier alpha value is 0.0200. The SMILES string of the molecule is [CH2]CC(CCCCCCC)C1CSC=N1. The van der Waals surface area contributed by atoms with E-state index in [0.29, 0.717) is 6.04 Å². The van der Waals surface area contributed by atoms with Gasteiger partial charge < -0.3 is 0 Å². The van der Waals surface area contributed by atoms with Crippen LogP contribution in [0.2, 0.25) is 0 Å². The number of nitrogens with zero attached hydrogens (tertiary/aromatic N) is 1. The molecule has 2 unspecified atom stereocenters. The molecule has 0 aliphatic carbocycles. The second-order valence-electron chi connectivity index (χ2n) is 4.41. The van der Waals surface area contributed by atoms with Crippen LogP contribution in [0.3, 0.4) is 0 Å². The van der Waals surface area contributed by atoms with Gasteiger partial charge in [-0.25, -0.2) is 0 Å². The molecule has 1 radical (unpaired) electrons. The maximum atomic E-state index is 4.52. The van der Waals surface area contributed by atoms with Crippen molar-refractivity contribution in [3.63, 3.8) is 0 Å². The Morgan fingerprint density at radius 2 is 2.20 bits per heavy atom. The van der Waals surface area contributed by atoms with Crippen LogP contribution in [0.4, 0.5) is 0 Å². The lowest BCUT2D eigenvalue weighted by atomic mass is 9.92. The van der Waals surface area contributed by atoms with Gasteiger partial charge in [0.2, 0.25) is 0 Å². The van der Waals surface area contributed by atoms with Crippen molar-refractivity contribution in [1.82, 2.24) is 0 Å². The van der Waals surface area contributed by atoms with Gasteiger partial charge in [-0.15, -0.1) is 11.8 Å². The Bertz CT molecular complexity index is 179. The molecule has 15 heavy (non-hydrogen) atoms. The maximum absolute atomic E-state index is 4.52. The molecule has 0 saturated heterocycles. The zero-order valence-corrected chi connectivity index (χ0v) is 10.8. The summed E-state index contributed by atoms with van der Waals surface area (Å²) in [6.07, 6.45) is 9.29. The first kappa shape index (κ1) is 13.1. The summed E-state index contributed by atoms with van der Waals surface area (Å²) < 4.78 is 0. The zero-order chi connectivity index (χ0) is 10.9. The fraction of sp³-hybridized carbons (Fsp3) is 0.846. The Balaban J connectivity index is 2.08. The molecule has 0 amide bonds. The van der Waals surface area contributed by atoms with Gasteiger partial charge in [0.05, 0.1) is 11.6 Å². The molecule has 1 rings (SSSR count). The van der Waals surface area contributed by atoms with E-state index in [0.717, 1.165) is 12.3 Å². The molecular formula is C13H24NS. The molecule has 0 bridgehead atoms. The fourth-order valence-electron chi connectivity index (χ4n) is 2.10. The number of unbranched alkanes of at least 4 members (excludes halogenated alkanes) is 4. The zero-order valence-electron chi connectivity index (χ0n) is 9.95. The van der Waals surface area contributed by atoms with E-state index in [1.807, 2.05) is 17.3 Å². The lowest BCUT2D eigenvalue weighted by Gasteiger charge is -2.19. The van der Waals surface area contributed by atoms with E-state index in [2.05, 4.69) is 18.8 Å². The van der Waals surface area contributed by atoms with E-state index in [1.54, 1.807) is 0 Å². The normalized spacial score (nSPS) is 22.1. The summed E-state index contributed by atoms with van der Waals surface area (Å²) in [6.45, 7) is 6.33. The third kappa shape index (κ3) is 5.05. The van der Waals surface area contributed by atoms with Crippen molar-refractivity contribution < 1.29 is 0 Å². The van der Waals surface area contributed by atoms with Gasteiger partial charge in [0.15, 0.2) is 0 Å². The van der Waals surface area contributed by atoms with E-state index in [9.17, 15) is 0 Å². The lowest BCUT2D eigenvalue weighted by Crippen LogP contribution is -2.18. The van der Waals surface area contributed by atoms with Gasteiger partial charge in [-0.3, -0.25) is 4.99 Å². The van der Waals surface area contributed by atoms with Crippen LogP contribution in [0.25, 0.3) is 0 Å². The molecule has 1 nitrogen and oxygen atoms in total. The first-order valence-electron chi connectivity index (χ1n) is 6.31. The Kier molecular flexibility index (Phi) is 7.16. The van der Waals surface area contributed by atoms with E-state index in [4.69, 9.17) is 0 Å². The van der Waals surface area contributed by atoms with Crippen LogP contribution >= 0.6 is 11.8 Å². The first-order valence-corrected chi connectivity index (χ1v) is 7.35. The fourth-order valence-corrected chi connectivity index (χ4v) is 2.99. The number of thioether (sulfide) groups is 1. The van der Waals surface area contributed by atoms with Gasteiger partial charge in [0.1, 0.15) is 0 Å². The number of hydrogen-bond donors (Lipinski definition) is 0. The second-order valence-corrected chi connectivity index (χ2v) is 5.28. The van der Waals surface area contributed by atoms with E-state index < -0.39 is 0 Å². The monoisotopic (exact) mass is 226 g/mol. The Labute approximate surface area is 99.1 Å². The average Bonchev–Trinajstić information content (AvgIpc) is 2.77. The van der Waals surface area contributed by atoms with Gasteiger partial charge in [-0.1, -0.05) is 46.0 Å². The summed E-state index contributed by atoms with van der Waals surface area (Å²) in [5.74, 6) is 1.92. The molecule has 0 aromatic rings. The van der Waals surface area contributed by atoms with Crippen LogP contribution in [0.15, 0.2) is 4.99 Å². The van der Waals surface area contributed by atoms with Gasteiger partial charge in [0, 0.05) is 5.75 Å². The predicted octanol–water partition coefficient (Wildman–Crippen LogP) is 4.33. The van der Waals surface area contributed by atoms with Crippen molar-refractivity contribution in [2.75, 3.05) is 5.75 Å². The molecule has 0 N–H and O–H groups in total. The summed E-state index contributed by atoms with van der Waals surface area (Å²) in [7, 11) is 0. The van der Waals surface area contributed by atoms with Crippen molar-refractivity contribution in [2.24, 2.45) is 10.9 Å². The van der Waals surface area contributed by atoms with Gasteiger partial charge in [-0.05, 0) is 18.8 Å². The maximum Gasteiger partial charge on any atom is 0.0628 e. The minimum atomic E-state index is 0.568. The third-order valence-corrected chi connectivity index (χ3v) is 3.99. The highest BCUT2D eigenvalue weighted by Crippen LogP contribution is 2.26. The molecule has 1 aliphatic rings. The van der Waals surface area contributed by atoms with Crippen molar-refractivity contribution in [3.8, 4) is 0 Å². The molecule has 2 atom stereocenters. The molecule has 0 aromatic carbocycles. The van der Waals surface area contributed by atoms with Crippen molar-refractivity contribution in [2.45, 2.75) is 57.9 Å². The van der Waals surface area contributed by atoms with Crippen molar-refractivity contribution in [3.05, 3.63) is 6.92 Å². The quantitative estimate of drug-likeness (QED) is 0.561. The van der Waals surface area contributed by atoms with Gasteiger partial charge in [-0.2, -0.15) is 0 Å². The van der Waals surface area contributed by atoms with Crippen LogP contribution < -0.4 is 0 Å². The smallest absolute Gasteiger partial charge is 0.0628 e. The van der Waals surface area contributed by atoms with E-state index in [1.165, 1.54) is 44.3 Å². The summed E-state index contributed by atoms with van der Waals surface area (Å²) in [4.78, 5) is 4.52. The molecule has 0 fully saturated rings. The largest absolute Gasteiger partial charge is 0.282 e. The lowest BCUT2D eigenvalue weighted by molar-refractivity contribution is 0.404. The standard InChI is InChI=1S/C13H24NS/c1-3-5-6-7-8-9-12(4-2)13-10-15-11-14-13/h11-13H,2-10H2,1H3. The van der Waals surface area contributed by atoms with E-state index >= 15 is 0 Å². The van der Waals surface area contributed by atoms with Crippen LogP contribution in [0.5, 0.6) is 0 Å². The topological polar surface area (TPSA) is 12.4 Å². The number of rotatable bonds is 8. The highest BCUT2D eigenvalue weighted by molar-refractivity contribution is 8.12. The van der Waals surface area contributed by atoms with Gasteiger partial charge >= 0.3 is 0 Å². The number of aliphatic imine (C=N–C) groups is 1. The second kappa shape index (κ2) is 8.20. The Morgan fingerprint density at radius 3 is 2.80 bits per heavy atom. The molecule has 0 aromatic heterocycles. The number of hydrogen-bond acceptors (Lipinski definition) is 2. The summed E-state index contributed by atoms with van der Waals surface area (Å²) in [5, 5.41) is 0.